The van der Waals surface area contributed by atoms with E-state index >= 15 is 0 Å². The third-order valence-corrected chi connectivity index (χ3v) is 7.37. The smallest absolute Gasteiger partial charge is 0.411 e. The van der Waals surface area contributed by atoms with Gasteiger partial charge in [-0.05, 0) is 31.6 Å². The number of ether oxygens (including phenoxy) is 2. The summed E-state index contributed by atoms with van der Waals surface area (Å²) >= 11 is 0. The molecule has 3 rings (SSSR count). The maximum Gasteiger partial charge on any atom is 0.411 e. The second-order valence-electron chi connectivity index (χ2n) is 10.1. The first-order valence-electron chi connectivity index (χ1n) is 11.6. The fourth-order valence-electron chi connectivity index (χ4n) is 4.98. The van der Waals surface area contributed by atoms with E-state index in [1.165, 1.54) is 12.0 Å². The topological polar surface area (TPSA) is 85.4 Å². The molecule has 2 amide bonds. The van der Waals surface area contributed by atoms with Crippen molar-refractivity contribution in [1.82, 2.24) is 9.80 Å². The molecule has 0 radical (unpaired) electrons. The summed E-state index contributed by atoms with van der Waals surface area (Å²) in [5.41, 5.74) is -0.0255. The van der Waals surface area contributed by atoms with Crippen LogP contribution in [-0.4, -0.2) is 75.0 Å². The van der Waals surface area contributed by atoms with Crippen LogP contribution < -0.4 is 0 Å². The minimum absolute atomic E-state index is 0.0337. The largest absolute Gasteiger partial charge is 0.467 e. The first-order chi connectivity index (χ1) is 16.0. The molecule has 0 spiro atoms. The van der Waals surface area contributed by atoms with E-state index in [1.807, 2.05) is 42.5 Å². The number of nitrogens with zero attached hydrogens (tertiary/aromatic N) is 2. The van der Waals surface area contributed by atoms with Crippen molar-refractivity contribution in [2.45, 2.75) is 63.2 Å². The molecule has 1 fully saturated rings. The number of amides is 2. The lowest BCUT2D eigenvalue weighted by Gasteiger charge is -2.47. The van der Waals surface area contributed by atoms with Crippen molar-refractivity contribution in [3.05, 3.63) is 48.0 Å². The molecule has 1 aliphatic heterocycles. The van der Waals surface area contributed by atoms with Crippen molar-refractivity contribution in [1.29, 1.82) is 0 Å². The fourth-order valence-corrected chi connectivity index (χ4v) is 6.49. The average molecular weight is 489 g/mol. The zero-order valence-electron chi connectivity index (χ0n) is 20.9. The van der Waals surface area contributed by atoms with Crippen molar-refractivity contribution in [3.63, 3.8) is 0 Å². The highest BCUT2D eigenvalue weighted by atomic mass is 28.4. The number of esters is 1. The van der Waals surface area contributed by atoms with Crippen molar-refractivity contribution in [3.8, 4) is 0 Å². The SMILES string of the molecule is COC(=O)[C@@H]1C[C@@]2(O[Si](C)(C)C)[C@H](CC(=O)N(C)C)C=CC[C@H]2N1C(=O)OCc1ccccc1. The zero-order valence-corrected chi connectivity index (χ0v) is 21.9. The summed E-state index contributed by atoms with van der Waals surface area (Å²) in [6.07, 6.45) is 4.38. The second kappa shape index (κ2) is 10.3. The van der Waals surface area contributed by atoms with Gasteiger partial charge in [0.15, 0.2) is 8.32 Å². The Balaban J connectivity index is 1.98. The van der Waals surface area contributed by atoms with E-state index < -0.39 is 38.1 Å². The molecule has 186 valence electrons. The van der Waals surface area contributed by atoms with E-state index in [2.05, 4.69) is 19.6 Å². The van der Waals surface area contributed by atoms with Gasteiger partial charge in [-0.3, -0.25) is 9.69 Å². The summed E-state index contributed by atoms with van der Waals surface area (Å²) in [6.45, 7) is 6.32. The molecule has 0 unspecified atom stereocenters. The van der Waals surface area contributed by atoms with Gasteiger partial charge in [-0.25, -0.2) is 9.59 Å². The lowest BCUT2D eigenvalue weighted by molar-refractivity contribution is -0.145. The van der Waals surface area contributed by atoms with Crippen LogP contribution in [0.25, 0.3) is 0 Å². The monoisotopic (exact) mass is 488 g/mol. The molecule has 0 bridgehead atoms. The fraction of sp³-hybridized carbons (Fsp3) is 0.560. The molecule has 1 saturated heterocycles. The number of hydrogen-bond acceptors (Lipinski definition) is 6. The number of likely N-dealkylation sites (tertiary alicyclic amines) is 1. The standard InChI is InChI=1S/C25H36N2O6Si/c1-26(2)22(28)15-19-13-10-14-21-25(19,33-34(4,5)6)16-20(23(29)31-3)27(21)24(30)32-17-18-11-8-7-9-12-18/h7-13,19-21H,14-17H2,1-6H3/t19-,20-,21+,25+/m0/s1. The summed E-state index contributed by atoms with van der Waals surface area (Å²) in [7, 11) is 2.59. The number of fused-ring (bicyclic) bond motifs is 1. The van der Waals surface area contributed by atoms with E-state index in [9.17, 15) is 14.4 Å². The van der Waals surface area contributed by atoms with Gasteiger partial charge in [0.1, 0.15) is 12.6 Å². The van der Waals surface area contributed by atoms with E-state index in [0.29, 0.717) is 6.42 Å². The van der Waals surface area contributed by atoms with Crippen molar-refractivity contribution >= 4 is 26.3 Å². The van der Waals surface area contributed by atoms with Crippen LogP contribution in [0.1, 0.15) is 24.8 Å². The molecule has 1 aromatic rings. The van der Waals surface area contributed by atoms with Crippen LogP contribution in [0.5, 0.6) is 0 Å². The Labute approximate surface area is 203 Å². The molecule has 0 saturated carbocycles. The van der Waals surface area contributed by atoms with Crippen molar-refractivity contribution in [2.24, 2.45) is 5.92 Å². The molecule has 1 aromatic carbocycles. The van der Waals surface area contributed by atoms with Crippen LogP contribution in [0.3, 0.4) is 0 Å². The molecule has 8 nitrogen and oxygen atoms in total. The van der Waals surface area contributed by atoms with Crippen molar-refractivity contribution in [2.75, 3.05) is 21.2 Å². The Morgan fingerprint density at radius 3 is 2.41 bits per heavy atom. The van der Waals surface area contributed by atoms with Crippen LogP contribution in [0.15, 0.2) is 42.5 Å². The quantitative estimate of drug-likeness (QED) is 0.331. The first kappa shape index (κ1) is 26.0. The van der Waals surface area contributed by atoms with E-state index in [1.54, 1.807) is 19.0 Å². The maximum atomic E-state index is 13.4. The molecular formula is C25H36N2O6Si. The van der Waals surface area contributed by atoms with E-state index in [0.717, 1.165) is 5.56 Å². The summed E-state index contributed by atoms with van der Waals surface area (Å²) in [6, 6.07) is 8.09. The van der Waals surface area contributed by atoms with Crippen LogP contribution >= 0.6 is 0 Å². The molecule has 4 atom stereocenters. The van der Waals surface area contributed by atoms with Gasteiger partial charge < -0.3 is 18.8 Å². The molecule has 1 heterocycles. The number of carbonyl (C=O) groups is 3. The Morgan fingerprint density at radius 2 is 1.82 bits per heavy atom. The Bertz CT molecular complexity index is 929. The van der Waals surface area contributed by atoms with Gasteiger partial charge >= 0.3 is 12.1 Å². The lowest BCUT2D eigenvalue weighted by atomic mass is 9.74. The Hall–Kier alpha value is -2.65. The van der Waals surface area contributed by atoms with Crippen LogP contribution in [0, 0.1) is 5.92 Å². The molecular weight excluding hydrogens is 452 g/mol. The van der Waals surface area contributed by atoms with Crippen LogP contribution in [0.4, 0.5) is 4.79 Å². The van der Waals surface area contributed by atoms with Gasteiger partial charge in [-0.2, -0.15) is 0 Å². The van der Waals surface area contributed by atoms with Crippen LogP contribution in [-0.2, 0) is 30.1 Å². The van der Waals surface area contributed by atoms with Crippen molar-refractivity contribution < 1.29 is 28.3 Å². The minimum atomic E-state index is -2.16. The van der Waals surface area contributed by atoms with E-state index in [4.69, 9.17) is 13.9 Å². The molecule has 2 aliphatic rings. The Kier molecular flexibility index (Phi) is 7.87. The molecule has 34 heavy (non-hydrogen) atoms. The third-order valence-electron chi connectivity index (χ3n) is 6.38. The average Bonchev–Trinajstić information content (AvgIpc) is 3.11. The molecule has 0 N–H and O–H groups in total. The number of carbonyl (C=O) groups excluding carboxylic acids is 3. The normalized spacial score (nSPS) is 26.1. The van der Waals surface area contributed by atoms with Gasteiger partial charge in [0, 0.05) is 32.9 Å². The van der Waals surface area contributed by atoms with E-state index in [-0.39, 0.29) is 31.3 Å². The van der Waals surface area contributed by atoms with Gasteiger partial charge in [0.25, 0.3) is 0 Å². The molecule has 9 heteroatoms. The number of rotatable bonds is 7. The minimum Gasteiger partial charge on any atom is -0.467 e. The third kappa shape index (κ3) is 5.52. The predicted molar refractivity (Wildman–Crippen MR) is 130 cm³/mol. The summed E-state index contributed by atoms with van der Waals surface area (Å²) in [4.78, 5) is 42.0. The highest BCUT2D eigenvalue weighted by Crippen LogP contribution is 2.49. The predicted octanol–water partition coefficient (Wildman–Crippen LogP) is 3.58. The number of hydrogen-bond donors (Lipinski definition) is 0. The molecule has 1 aliphatic carbocycles. The van der Waals surface area contributed by atoms with Gasteiger partial charge in [0.2, 0.25) is 5.91 Å². The van der Waals surface area contributed by atoms with Crippen LogP contribution in [0.2, 0.25) is 19.6 Å². The summed E-state index contributed by atoms with van der Waals surface area (Å²) in [5, 5.41) is 0. The number of benzene rings is 1. The van der Waals surface area contributed by atoms with Gasteiger partial charge in [-0.15, -0.1) is 0 Å². The maximum absolute atomic E-state index is 13.4. The number of methoxy groups -OCH3 is 1. The molecule has 0 aromatic heterocycles. The summed E-state index contributed by atoms with van der Waals surface area (Å²) < 4.78 is 17.5. The van der Waals surface area contributed by atoms with Gasteiger partial charge in [-0.1, -0.05) is 42.5 Å². The second-order valence-corrected chi connectivity index (χ2v) is 14.6. The Morgan fingerprint density at radius 1 is 1.15 bits per heavy atom. The zero-order chi connectivity index (χ0) is 25.1. The first-order valence-corrected chi connectivity index (χ1v) is 15.0. The highest BCUT2D eigenvalue weighted by Gasteiger charge is 2.62. The van der Waals surface area contributed by atoms with Gasteiger partial charge in [0.05, 0.1) is 18.8 Å². The highest BCUT2D eigenvalue weighted by molar-refractivity contribution is 6.69. The summed E-state index contributed by atoms with van der Waals surface area (Å²) in [5.74, 6) is -0.831. The lowest BCUT2D eigenvalue weighted by Crippen LogP contribution is -2.58.